The predicted molar refractivity (Wildman–Crippen MR) is 144 cm³/mol. The lowest BCUT2D eigenvalue weighted by Gasteiger charge is -2.26. The van der Waals surface area contributed by atoms with E-state index in [1.807, 2.05) is 40.7 Å². The Bertz CT molecular complexity index is 713. The van der Waals surface area contributed by atoms with E-state index < -0.39 is 0 Å². The van der Waals surface area contributed by atoms with Gasteiger partial charge in [0, 0.05) is 16.9 Å². The van der Waals surface area contributed by atoms with Crippen molar-refractivity contribution in [3.05, 3.63) is 47.5 Å². The van der Waals surface area contributed by atoms with Crippen molar-refractivity contribution in [1.29, 1.82) is 0 Å². The third-order valence-corrected chi connectivity index (χ3v) is 5.68. The smallest absolute Gasteiger partial charge is 0.0396 e. The number of benzene rings is 2. The fourth-order valence-electron chi connectivity index (χ4n) is 3.83. The van der Waals surface area contributed by atoms with Gasteiger partial charge < -0.3 is 11.5 Å². The van der Waals surface area contributed by atoms with Gasteiger partial charge in [-0.3, -0.25) is 0 Å². The van der Waals surface area contributed by atoms with Crippen molar-refractivity contribution in [2.45, 2.75) is 100 Å². The molecule has 0 aliphatic heterocycles. The molecule has 0 aromatic heterocycles. The van der Waals surface area contributed by atoms with Crippen LogP contribution in [0.15, 0.2) is 36.4 Å². The second kappa shape index (κ2) is 16.7. The summed E-state index contributed by atoms with van der Waals surface area (Å²) in [4.78, 5) is 0. The predicted octanol–water partition coefficient (Wildman–Crippen LogP) is 9.05. The number of hydrogen-bond acceptors (Lipinski definition) is 2. The summed E-state index contributed by atoms with van der Waals surface area (Å²) in [7, 11) is 0. The van der Waals surface area contributed by atoms with Crippen LogP contribution in [0.2, 0.25) is 0 Å². The Morgan fingerprint density at radius 3 is 1.90 bits per heavy atom. The zero-order valence-corrected chi connectivity index (χ0v) is 21.7. The minimum Gasteiger partial charge on any atom is -0.398 e. The summed E-state index contributed by atoms with van der Waals surface area (Å²) in [6.07, 6.45) is 9.29. The monoisotopic (exact) mass is 426 g/mol. The number of rotatable bonds is 4. The standard InChI is InChI=1S/C22H30N2.C3H8.2C2H6/c1-15-3-6-17(7-4-15)8-9-18-10-12-20(22(24)13-18)19-11-5-16(2)21(23)14-19;1-3-2;2*1-2/h5,10-15,17H,3-4,6-9,23-24H2,1-2H3;3H2,1-2H3;2*1-2H3. The van der Waals surface area contributed by atoms with E-state index in [0.717, 1.165) is 46.3 Å². The maximum absolute atomic E-state index is 6.33. The lowest BCUT2D eigenvalue weighted by atomic mass is 9.80. The Morgan fingerprint density at radius 2 is 1.39 bits per heavy atom. The second-order valence-electron chi connectivity index (χ2n) is 8.36. The fourth-order valence-corrected chi connectivity index (χ4v) is 3.83. The van der Waals surface area contributed by atoms with Gasteiger partial charge in [-0.05, 0) is 60.4 Å². The molecule has 0 saturated heterocycles. The van der Waals surface area contributed by atoms with Crippen molar-refractivity contribution in [2.24, 2.45) is 11.8 Å². The highest BCUT2D eigenvalue weighted by Gasteiger charge is 2.18. The van der Waals surface area contributed by atoms with E-state index in [4.69, 9.17) is 11.5 Å². The first kappa shape index (κ1) is 29.0. The molecule has 0 atom stereocenters. The van der Waals surface area contributed by atoms with Crippen LogP contribution >= 0.6 is 0 Å². The van der Waals surface area contributed by atoms with Gasteiger partial charge in [-0.15, -0.1) is 0 Å². The molecule has 176 valence electrons. The highest BCUT2D eigenvalue weighted by atomic mass is 14.6. The largest absolute Gasteiger partial charge is 0.398 e. The number of nitrogen functional groups attached to an aromatic ring is 2. The van der Waals surface area contributed by atoms with Gasteiger partial charge in [0.2, 0.25) is 0 Å². The molecule has 0 spiro atoms. The Labute approximate surface area is 193 Å². The van der Waals surface area contributed by atoms with E-state index in [0.29, 0.717) is 0 Å². The molecule has 0 unspecified atom stereocenters. The molecule has 2 heteroatoms. The molecule has 3 rings (SSSR count). The highest BCUT2D eigenvalue weighted by Crippen LogP contribution is 2.33. The summed E-state index contributed by atoms with van der Waals surface area (Å²) in [5.41, 5.74) is 18.7. The molecule has 2 aromatic rings. The zero-order valence-electron chi connectivity index (χ0n) is 21.7. The van der Waals surface area contributed by atoms with Crippen molar-refractivity contribution < 1.29 is 0 Å². The van der Waals surface area contributed by atoms with E-state index in [1.54, 1.807) is 0 Å². The normalized spacial score (nSPS) is 17.2. The quantitative estimate of drug-likeness (QED) is 0.479. The van der Waals surface area contributed by atoms with E-state index in [2.05, 4.69) is 51.1 Å². The SMILES string of the molecule is CC.CC.CCC.Cc1ccc(-c2ccc(CCC3CCC(C)CC3)cc2N)cc1N. The third-order valence-electron chi connectivity index (χ3n) is 5.68. The van der Waals surface area contributed by atoms with Crippen molar-refractivity contribution >= 4 is 11.4 Å². The fraction of sp³-hybridized carbons (Fsp3) is 0.586. The summed E-state index contributed by atoms with van der Waals surface area (Å²) in [5, 5.41) is 0. The summed E-state index contributed by atoms with van der Waals surface area (Å²) < 4.78 is 0. The Balaban J connectivity index is 0.00000116. The van der Waals surface area contributed by atoms with Crippen LogP contribution in [0.4, 0.5) is 11.4 Å². The molecular formula is C29H50N2. The third kappa shape index (κ3) is 10.3. The first-order valence-electron chi connectivity index (χ1n) is 12.7. The molecule has 1 aliphatic rings. The molecule has 2 nitrogen and oxygen atoms in total. The average molecular weight is 427 g/mol. The van der Waals surface area contributed by atoms with Crippen LogP contribution < -0.4 is 11.5 Å². The van der Waals surface area contributed by atoms with E-state index in [9.17, 15) is 0 Å². The molecule has 0 bridgehead atoms. The zero-order chi connectivity index (χ0) is 23.8. The van der Waals surface area contributed by atoms with Gasteiger partial charge in [-0.2, -0.15) is 0 Å². The molecular weight excluding hydrogens is 376 g/mol. The first-order valence-corrected chi connectivity index (χ1v) is 12.7. The Kier molecular flexibility index (Phi) is 15.6. The van der Waals surface area contributed by atoms with Gasteiger partial charge >= 0.3 is 0 Å². The van der Waals surface area contributed by atoms with Gasteiger partial charge in [-0.1, -0.05) is 105 Å². The van der Waals surface area contributed by atoms with Crippen LogP contribution in [0.1, 0.15) is 98.1 Å². The van der Waals surface area contributed by atoms with Crippen molar-refractivity contribution in [2.75, 3.05) is 11.5 Å². The van der Waals surface area contributed by atoms with Crippen LogP contribution in [0.25, 0.3) is 11.1 Å². The molecule has 1 fully saturated rings. The van der Waals surface area contributed by atoms with Gasteiger partial charge in [0.15, 0.2) is 0 Å². The van der Waals surface area contributed by atoms with Gasteiger partial charge in [0.1, 0.15) is 0 Å². The first-order chi connectivity index (χ1) is 14.9. The van der Waals surface area contributed by atoms with Crippen molar-refractivity contribution in [1.82, 2.24) is 0 Å². The van der Waals surface area contributed by atoms with Gasteiger partial charge in [0.05, 0.1) is 0 Å². The lowest BCUT2D eigenvalue weighted by molar-refractivity contribution is 0.278. The number of nitrogens with two attached hydrogens (primary N) is 2. The van der Waals surface area contributed by atoms with Crippen LogP contribution in [0.5, 0.6) is 0 Å². The molecule has 1 saturated carbocycles. The minimum atomic E-state index is 0.822. The molecule has 0 radical (unpaired) electrons. The molecule has 0 heterocycles. The van der Waals surface area contributed by atoms with Crippen molar-refractivity contribution in [3.63, 3.8) is 0 Å². The topological polar surface area (TPSA) is 52.0 Å². The van der Waals surface area contributed by atoms with Crippen molar-refractivity contribution in [3.8, 4) is 11.1 Å². The summed E-state index contributed by atoms with van der Waals surface area (Å²) >= 11 is 0. The highest BCUT2D eigenvalue weighted by molar-refractivity contribution is 5.79. The molecule has 0 amide bonds. The van der Waals surface area contributed by atoms with Crippen LogP contribution in [-0.2, 0) is 6.42 Å². The molecule has 4 N–H and O–H groups in total. The Hall–Kier alpha value is -1.96. The maximum atomic E-state index is 6.33. The second-order valence-corrected chi connectivity index (χ2v) is 8.36. The van der Waals surface area contributed by atoms with Crippen LogP contribution in [0.3, 0.4) is 0 Å². The maximum Gasteiger partial charge on any atom is 0.0396 e. The molecule has 2 aromatic carbocycles. The van der Waals surface area contributed by atoms with Crippen LogP contribution in [0, 0.1) is 18.8 Å². The Morgan fingerprint density at radius 1 is 0.806 bits per heavy atom. The van der Waals surface area contributed by atoms with E-state index in [1.165, 1.54) is 44.1 Å². The van der Waals surface area contributed by atoms with Crippen LogP contribution in [-0.4, -0.2) is 0 Å². The lowest BCUT2D eigenvalue weighted by Crippen LogP contribution is -2.12. The summed E-state index contributed by atoms with van der Waals surface area (Å²) in [5.74, 6) is 1.83. The number of hydrogen-bond donors (Lipinski definition) is 2. The van der Waals surface area contributed by atoms with E-state index in [-0.39, 0.29) is 0 Å². The summed E-state index contributed by atoms with van der Waals surface area (Å²) in [6.45, 7) is 16.7. The molecule has 1 aliphatic carbocycles. The van der Waals surface area contributed by atoms with Gasteiger partial charge in [0.25, 0.3) is 0 Å². The number of aryl methyl sites for hydroxylation is 2. The number of anilines is 2. The van der Waals surface area contributed by atoms with Gasteiger partial charge in [-0.25, -0.2) is 0 Å². The molecule has 31 heavy (non-hydrogen) atoms. The summed E-state index contributed by atoms with van der Waals surface area (Å²) in [6, 6.07) is 12.7. The van der Waals surface area contributed by atoms with E-state index >= 15 is 0 Å². The minimum absolute atomic E-state index is 0.822. The average Bonchev–Trinajstić information content (AvgIpc) is 2.79.